The normalized spacial score (nSPS) is 16.9. The minimum atomic E-state index is -1.02. The Hall–Kier alpha value is -4.14. The van der Waals surface area contributed by atoms with E-state index in [4.69, 9.17) is 4.74 Å². The summed E-state index contributed by atoms with van der Waals surface area (Å²) in [6.07, 6.45) is 1.26. The number of rotatable bonds is 5. The van der Waals surface area contributed by atoms with E-state index in [0.29, 0.717) is 13.0 Å². The van der Waals surface area contributed by atoms with Crippen LogP contribution in [0.3, 0.4) is 0 Å². The molecule has 1 aliphatic carbocycles. The van der Waals surface area contributed by atoms with E-state index in [1.54, 1.807) is 7.05 Å². The van der Waals surface area contributed by atoms with Crippen LogP contribution in [0.25, 0.3) is 11.1 Å². The molecule has 0 spiro atoms. The fourth-order valence-electron chi connectivity index (χ4n) is 5.01. The predicted molar refractivity (Wildman–Crippen MR) is 128 cm³/mol. The van der Waals surface area contributed by atoms with E-state index in [-0.39, 0.29) is 24.0 Å². The number of ether oxygens (including phenoxy) is 1. The van der Waals surface area contributed by atoms with E-state index in [1.807, 2.05) is 36.4 Å². The molecule has 2 heterocycles. The third-order valence-corrected chi connectivity index (χ3v) is 6.72. The number of nitrogens with one attached hydrogen (secondary N) is 1. The number of carbonyl (C=O) groups excluding carboxylic acids is 2. The van der Waals surface area contributed by atoms with Gasteiger partial charge in [-0.2, -0.15) is 5.10 Å². The number of carboxylic acids is 1. The van der Waals surface area contributed by atoms with Gasteiger partial charge in [-0.1, -0.05) is 48.5 Å². The van der Waals surface area contributed by atoms with E-state index in [2.05, 4.69) is 22.5 Å². The van der Waals surface area contributed by atoms with Crippen molar-refractivity contribution in [1.29, 1.82) is 0 Å². The van der Waals surface area contributed by atoms with E-state index in [9.17, 15) is 19.5 Å². The van der Waals surface area contributed by atoms with Crippen LogP contribution < -0.4 is 5.32 Å². The second kappa shape index (κ2) is 9.25. The third kappa shape index (κ3) is 4.25. The van der Waals surface area contributed by atoms with E-state index in [1.165, 1.54) is 15.6 Å². The summed E-state index contributed by atoms with van der Waals surface area (Å²) in [4.78, 5) is 38.5. The van der Waals surface area contributed by atoms with Gasteiger partial charge in [-0.15, -0.1) is 0 Å². The molecule has 1 aliphatic heterocycles. The van der Waals surface area contributed by atoms with E-state index >= 15 is 0 Å². The predicted octanol–water partition coefficient (Wildman–Crippen LogP) is 3.86. The first-order valence-corrected chi connectivity index (χ1v) is 11.6. The highest BCUT2D eigenvalue weighted by Crippen LogP contribution is 2.44. The Morgan fingerprint density at radius 2 is 1.71 bits per heavy atom. The summed E-state index contributed by atoms with van der Waals surface area (Å²) < 4.78 is 6.94. The number of carbonyl (C=O) groups is 3. The first-order chi connectivity index (χ1) is 16.9. The summed E-state index contributed by atoms with van der Waals surface area (Å²) in [6.45, 7) is 0.527. The molecule has 1 atom stereocenters. The molecule has 1 fully saturated rings. The van der Waals surface area contributed by atoms with Gasteiger partial charge in [0.1, 0.15) is 18.5 Å². The lowest BCUT2D eigenvalue weighted by Crippen LogP contribution is -2.48. The maximum atomic E-state index is 12.9. The number of nitrogens with zero attached hydrogens (tertiary/aromatic N) is 3. The van der Waals surface area contributed by atoms with Crippen LogP contribution in [0.5, 0.6) is 0 Å². The Kier molecular flexibility index (Phi) is 5.98. The highest BCUT2D eigenvalue weighted by Gasteiger charge is 2.34. The molecule has 0 radical (unpaired) electrons. The van der Waals surface area contributed by atoms with Gasteiger partial charge in [0.2, 0.25) is 0 Å². The van der Waals surface area contributed by atoms with Crippen molar-refractivity contribution in [3.05, 3.63) is 71.4 Å². The summed E-state index contributed by atoms with van der Waals surface area (Å²) in [6, 6.07) is 16.8. The van der Waals surface area contributed by atoms with Crippen LogP contribution in [0.2, 0.25) is 0 Å². The van der Waals surface area contributed by atoms with Gasteiger partial charge in [0, 0.05) is 25.6 Å². The molecular weight excluding hydrogens is 448 g/mol. The van der Waals surface area contributed by atoms with Gasteiger partial charge in [-0.05, 0) is 41.5 Å². The Balaban J connectivity index is 1.26. The topological polar surface area (TPSA) is 114 Å². The summed E-state index contributed by atoms with van der Waals surface area (Å²) in [5.41, 5.74) is 4.59. The SMILES string of the molecule is Cn1nc(C(=O)N2CCCC[C@@H]2C(=O)O)cc1NC(=O)OCC1c2ccccc2-c2ccccc21. The fraction of sp³-hybridized carbons (Fsp3) is 0.308. The zero-order valence-corrected chi connectivity index (χ0v) is 19.3. The van der Waals surface area contributed by atoms with Crippen LogP contribution in [-0.4, -0.2) is 57.0 Å². The molecule has 2 amide bonds. The lowest BCUT2D eigenvalue weighted by Gasteiger charge is -2.32. The second-order valence-corrected chi connectivity index (χ2v) is 8.84. The first kappa shape index (κ1) is 22.6. The average Bonchev–Trinajstić information content (AvgIpc) is 3.39. The summed E-state index contributed by atoms with van der Waals surface area (Å²) in [5.74, 6) is -1.27. The molecular formula is C26H26N4O5. The molecule has 1 saturated heterocycles. The number of anilines is 1. The number of amides is 2. The van der Waals surface area contributed by atoms with Crippen LogP contribution in [0, 0.1) is 0 Å². The maximum absolute atomic E-state index is 12.9. The molecule has 0 unspecified atom stereocenters. The number of aromatic nitrogens is 2. The molecule has 9 heteroatoms. The van der Waals surface area contributed by atoms with Crippen LogP contribution in [0.15, 0.2) is 54.6 Å². The number of likely N-dealkylation sites (tertiary alicyclic amines) is 1. The molecule has 5 rings (SSSR count). The van der Waals surface area contributed by atoms with E-state index in [0.717, 1.165) is 35.1 Å². The Bertz CT molecular complexity index is 1250. The second-order valence-electron chi connectivity index (χ2n) is 8.84. The Morgan fingerprint density at radius 1 is 1.06 bits per heavy atom. The minimum absolute atomic E-state index is 0.0659. The van der Waals surface area contributed by atoms with E-state index < -0.39 is 24.0 Å². The number of hydrogen-bond donors (Lipinski definition) is 2. The lowest BCUT2D eigenvalue weighted by atomic mass is 9.98. The Labute approximate surface area is 202 Å². The van der Waals surface area contributed by atoms with Gasteiger partial charge in [0.05, 0.1) is 0 Å². The zero-order chi connectivity index (χ0) is 24.5. The summed E-state index contributed by atoms with van der Waals surface area (Å²) in [7, 11) is 1.60. The molecule has 2 aliphatic rings. The number of piperidine rings is 1. The number of benzene rings is 2. The van der Waals surface area contributed by atoms with Crippen molar-refractivity contribution in [1.82, 2.24) is 14.7 Å². The van der Waals surface area contributed by atoms with Crippen LogP contribution >= 0.6 is 0 Å². The number of aliphatic carboxylic acids is 1. The molecule has 1 aromatic heterocycles. The molecule has 2 N–H and O–H groups in total. The van der Waals surface area contributed by atoms with Gasteiger partial charge < -0.3 is 14.7 Å². The third-order valence-electron chi connectivity index (χ3n) is 6.72. The number of fused-ring (bicyclic) bond motifs is 3. The standard InChI is InChI=1S/C26H26N4O5/c1-29-23(14-21(28-29)24(31)30-13-7-6-12-22(30)25(32)33)27-26(34)35-15-20-18-10-4-2-8-16(18)17-9-3-5-11-19(17)20/h2-5,8-11,14,20,22H,6-7,12-13,15H2,1H3,(H,27,34)(H,32,33)/t22-/m1/s1. The van der Waals surface area contributed by atoms with Crippen molar-refractivity contribution in [2.24, 2.45) is 7.05 Å². The van der Waals surface area contributed by atoms with Gasteiger partial charge in [-0.25, -0.2) is 9.59 Å². The molecule has 180 valence electrons. The molecule has 3 aromatic rings. The minimum Gasteiger partial charge on any atom is -0.480 e. The maximum Gasteiger partial charge on any atom is 0.412 e. The van der Waals surface area contributed by atoms with Gasteiger partial charge in [0.15, 0.2) is 5.69 Å². The average molecular weight is 475 g/mol. The monoisotopic (exact) mass is 474 g/mol. The largest absolute Gasteiger partial charge is 0.480 e. The van der Waals surface area contributed by atoms with Crippen molar-refractivity contribution in [3.8, 4) is 11.1 Å². The van der Waals surface area contributed by atoms with Gasteiger partial charge >= 0.3 is 12.1 Å². The first-order valence-electron chi connectivity index (χ1n) is 11.6. The molecule has 0 saturated carbocycles. The van der Waals surface area contributed by atoms with Gasteiger partial charge in [0.25, 0.3) is 5.91 Å². The van der Waals surface area contributed by atoms with Crippen molar-refractivity contribution in [3.63, 3.8) is 0 Å². The quantitative estimate of drug-likeness (QED) is 0.581. The lowest BCUT2D eigenvalue weighted by molar-refractivity contribution is -0.143. The molecule has 2 aromatic carbocycles. The Morgan fingerprint density at radius 3 is 2.37 bits per heavy atom. The molecule has 0 bridgehead atoms. The molecule has 9 nitrogen and oxygen atoms in total. The van der Waals surface area contributed by atoms with Gasteiger partial charge in [-0.3, -0.25) is 14.8 Å². The van der Waals surface area contributed by atoms with Crippen LogP contribution in [0.1, 0.15) is 46.8 Å². The number of aryl methyl sites for hydroxylation is 1. The summed E-state index contributed by atoms with van der Waals surface area (Å²) >= 11 is 0. The van der Waals surface area contributed by atoms with Crippen LogP contribution in [-0.2, 0) is 16.6 Å². The van der Waals surface area contributed by atoms with Crippen molar-refractivity contribution >= 4 is 23.8 Å². The van der Waals surface area contributed by atoms with Crippen molar-refractivity contribution in [2.75, 3.05) is 18.5 Å². The molecule has 35 heavy (non-hydrogen) atoms. The van der Waals surface area contributed by atoms with Crippen LogP contribution in [0.4, 0.5) is 10.6 Å². The van der Waals surface area contributed by atoms with Crippen molar-refractivity contribution < 1.29 is 24.2 Å². The van der Waals surface area contributed by atoms with Crippen molar-refractivity contribution in [2.45, 2.75) is 31.2 Å². The highest BCUT2D eigenvalue weighted by atomic mass is 16.5. The number of hydrogen-bond acceptors (Lipinski definition) is 5. The number of carboxylic acid groups (broad SMARTS) is 1. The fourth-order valence-corrected chi connectivity index (χ4v) is 5.01. The summed E-state index contributed by atoms with van der Waals surface area (Å²) in [5, 5.41) is 16.3. The zero-order valence-electron chi connectivity index (χ0n) is 19.3. The smallest absolute Gasteiger partial charge is 0.412 e. The highest BCUT2D eigenvalue weighted by molar-refractivity contribution is 5.96.